The Morgan fingerprint density at radius 1 is 1.36 bits per heavy atom. The molecule has 1 aromatic carbocycles. The molecule has 3 heteroatoms. The van der Waals surface area contributed by atoms with Gasteiger partial charge < -0.3 is 5.11 Å². The highest BCUT2D eigenvalue weighted by Gasteiger charge is 2.22. The Morgan fingerprint density at radius 3 is 2.43 bits per heavy atom. The van der Waals surface area contributed by atoms with Crippen molar-refractivity contribution < 1.29 is 14.3 Å². The molecule has 1 N–H and O–H groups in total. The molecule has 0 aliphatic carbocycles. The summed E-state index contributed by atoms with van der Waals surface area (Å²) in [5, 5.41) is 9.55. The van der Waals surface area contributed by atoms with Crippen LogP contribution in [0.4, 0.5) is 4.39 Å². The molecule has 0 unspecified atom stereocenters. The van der Waals surface area contributed by atoms with Crippen molar-refractivity contribution in [2.45, 2.75) is 20.0 Å². The van der Waals surface area contributed by atoms with Gasteiger partial charge in [-0.3, -0.25) is 4.79 Å². The number of rotatable bonds is 3. The van der Waals surface area contributed by atoms with Crippen LogP contribution >= 0.6 is 0 Å². The lowest BCUT2D eigenvalue weighted by Gasteiger charge is -2.12. The first-order chi connectivity index (χ1) is 6.54. The molecule has 1 aromatic rings. The van der Waals surface area contributed by atoms with Gasteiger partial charge in [-0.1, -0.05) is 32.0 Å². The second-order valence-electron chi connectivity index (χ2n) is 3.48. The molecule has 0 heterocycles. The predicted octanol–water partition coefficient (Wildman–Crippen LogP) is 2.08. The van der Waals surface area contributed by atoms with Crippen LogP contribution < -0.4 is 0 Å². The summed E-state index contributed by atoms with van der Waals surface area (Å²) in [7, 11) is 0. The molecule has 1 atom stereocenters. The van der Waals surface area contributed by atoms with Crippen molar-refractivity contribution in [1.29, 1.82) is 0 Å². The van der Waals surface area contributed by atoms with Crippen LogP contribution in [-0.2, 0) is 4.79 Å². The third kappa shape index (κ3) is 2.17. The molecule has 0 saturated carbocycles. The van der Waals surface area contributed by atoms with Gasteiger partial charge in [-0.25, -0.2) is 4.39 Å². The van der Waals surface area contributed by atoms with E-state index in [1.54, 1.807) is 19.9 Å². The molecule has 14 heavy (non-hydrogen) atoms. The quantitative estimate of drug-likeness (QED) is 0.803. The number of aliphatic hydroxyl groups is 1. The molecular formula is C11H13FO2. The van der Waals surface area contributed by atoms with E-state index in [9.17, 15) is 14.3 Å². The van der Waals surface area contributed by atoms with E-state index in [1.165, 1.54) is 18.2 Å². The van der Waals surface area contributed by atoms with E-state index in [1.807, 2.05) is 0 Å². The summed E-state index contributed by atoms with van der Waals surface area (Å²) in [6.07, 6.45) is -1.35. The van der Waals surface area contributed by atoms with Crippen molar-refractivity contribution in [3.8, 4) is 0 Å². The molecule has 0 aromatic heterocycles. The molecule has 0 aliphatic heterocycles. The van der Waals surface area contributed by atoms with Crippen LogP contribution in [-0.4, -0.2) is 10.9 Å². The second-order valence-corrected chi connectivity index (χ2v) is 3.48. The average molecular weight is 196 g/mol. The Kier molecular flexibility index (Phi) is 3.36. The van der Waals surface area contributed by atoms with E-state index in [4.69, 9.17) is 0 Å². The molecule has 0 fully saturated rings. The lowest BCUT2D eigenvalue weighted by atomic mass is 9.98. The zero-order valence-electron chi connectivity index (χ0n) is 8.20. The summed E-state index contributed by atoms with van der Waals surface area (Å²) in [5.41, 5.74) is 0.0474. The molecule has 0 radical (unpaired) electrons. The second kappa shape index (κ2) is 4.33. The largest absolute Gasteiger partial charge is 0.380 e. The molecule has 2 nitrogen and oxygen atoms in total. The normalized spacial score (nSPS) is 12.9. The van der Waals surface area contributed by atoms with E-state index in [2.05, 4.69) is 0 Å². The third-order valence-electron chi connectivity index (χ3n) is 2.04. The van der Waals surface area contributed by atoms with E-state index in [0.29, 0.717) is 0 Å². The van der Waals surface area contributed by atoms with Crippen LogP contribution in [0.5, 0.6) is 0 Å². The number of carbonyl (C=O) groups excluding carboxylic acids is 1. The molecule has 76 valence electrons. The van der Waals surface area contributed by atoms with E-state index < -0.39 is 11.9 Å². The fourth-order valence-electron chi connectivity index (χ4n) is 1.17. The summed E-state index contributed by atoms with van der Waals surface area (Å²) in [6, 6.07) is 5.76. The van der Waals surface area contributed by atoms with Gasteiger partial charge >= 0.3 is 0 Å². The monoisotopic (exact) mass is 196 g/mol. The van der Waals surface area contributed by atoms with Crippen LogP contribution in [0.15, 0.2) is 24.3 Å². The number of hydrogen-bond acceptors (Lipinski definition) is 2. The summed E-state index contributed by atoms with van der Waals surface area (Å²) >= 11 is 0. The topological polar surface area (TPSA) is 37.3 Å². The van der Waals surface area contributed by atoms with Crippen molar-refractivity contribution in [1.82, 2.24) is 0 Å². The standard InChI is InChI=1S/C11H13FO2/c1-7(2)10(13)11(14)8-5-3-4-6-9(8)12/h3-7,11,14H,1-2H3/t11-/m1/s1. The van der Waals surface area contributed by atoms with Gasteiger partial charge in [0, 0.05) is 11.5 Å². The van der Waals surface area contributed by atoms with Crippen molar-refractivity contribution in [2.75, 3.05) is 0 Å². The number of carbonyl (C=O) groups is 1. The highest BCUT2D eigenvalue weighted by Crippen LogP contribution is 2.20. The maximum Gasteiger partial charge on any atom is 0.168 e. The summed E-state index contributed by atoms with van der Waals surface area (Å²) in [5.74, 6) is -1.21. The van der Waals surface area contributed by atoms with Gasteiger partial charge in [0.2, 0.25) is 0 Å². The average Bonchev–Trinajstić information content (AvgIpc) is 2.16. The fraction of sp³-hybridized carbons (Fsp3) is 0.364. The van der Waals surface area contributed by atoms with Crippen LogP contribution in [0.25, 0.3) is 0 Å². The zero-order chi connectivity index (χ0) is 10.7. The van der Waals surface area contributed by atoms with Gasteiger partial charge in [-0.2, -0.15) is 0 Å². The first-order valence-electron chi connectivity index (χ1n) is 4.50. The van der Waals surface area contributed by atoms with Gasteiger partial charge in [0.1, 0.15) is 11.9 Å². The Bertz CT molecular complexity index is 334. The molecule has 0 saturated heterocycles. The number of hydrogen-bond donors (Lipinski definition) is 1. The Morgan fingerprint density at radius 2 is 1.93 bits per heavy atom. The van der Waals surface area contributed by atoms with Crippen LogP contribution in [0.3, 0.4) is 0 Å². The Balaban J connectivity index is 2.95. The smallest absolute Gasteiger partial charge is 0.168 e. The molecule has 1 rings (SSSR count). The maximum atomic E-state index is 13.2. The van der Waals surface area contributed by atoms with E-state index in [0.717, 1.165) is 0 Å². The van der Waals surface area contributed by atoms with E-state index >= 15 is 0 Å². The number of aliphatic hydroxyl groups excluding tert-OH is 1. The van der Waals surface area contributed by atoms with Crippen molar-refractivity contribution in [3.63, 3.8) is 0 Å². The minimum atomic E-state index is -1.35. The summed E-state index contributed by atoms with van der Waals surface area (Å²) < 4.78 is 13.2. The highest BCUT2D eigenvalue weighted by atomic mass is 19.1. The number of benzene rings is 1. The lowest BCUT2D eigenvalue weighted by Crippen LogP contribution is -2.18. The van der Waals surface area contributed by atoms with Crippen LogP contribution in [0.2, 0.25) is 0 Å². The Hall–Kier alpha value is -1.22. The number of ketones is 1. The van der Waals surface area contributed by atoms with Crippen molar-refractivity contribution >= 4 is 5.78 Å². The minimum Gasteiger partial charge on any atom is -0.380 e. The van der Waals surface area contributed by atoms with Crippen molar-refractivity contribution in [2.24, 2.45) is 5.92 Å². The zero-order valence-corrected chi connectivity index (χ0v) is 8.20. The van der Waals surface area contributed by atoms with Gasteiger partial charge in [0.15, 0.2) is 5.78 Å². The molecule has 0 spiro atoms. The first kappa shape index (κ1) is 10.9. The molecule has 0 amide bonds. The third-order valence-corrected chi connectivity index (χ3v) is 2.04. The molecule has 0 bridgehead atoms. The summed E-state index contributed by atoms with van der Waals surface area (Å²) in [4.78, 5) is 11.4. The SMILES string of the molecule is CC(C)C(=O)[C@H](O)c1ccccc1F. The van der Waals surface area contributed by atoms with Gasteiger partial charge in [0.25, 0.3) is 0 Å². The maximum absolute atomic E-state index is 13.2. The van der Waals surface area contributed by atoms with Gasteiger partial charge in [-0.05, 0) is 6.07 Å². The van der Waals surface area contributed by atoms with E-state index in [-0.39, 0.29) is 17.3 Å². The fourth-order valence-corrected chi connectivity index (χ4v) is 1.17. The predicted molar refractivity (Wildman–Crippen MR) is 51.2 cm³/mol. The van der Waals surface area contributed by atoms with Crippen molar-refractivity contribution in [3.05, 3.63) is 35.6 Å². The lowest BCUT2D eigenvalue weighted by molar-refractivity contribution is -0.130. The Labute approximate surface area is 82.4 Å². The number of halogens is 1. The highest BCUT2D eigenvalue weighted by molar-refractivity contribution is 5.85. The summed E-state index contributed by atoms with van der Waals surface area (Å²) in [6.45, 7) is 3.35. The molecule has 0 aliphatic rings. The number of Topliss-reactive ketones (excluding diaryl/α,β-unsaturated/α-hetero) is 1. The van der Waals surface area contributed by atoms with Crippen LogP contribution in [0, 0.1) is 11.7 Å². The minimum absolute atomic E-state index is 0.0474. The molecular weight excluding hydrogens is 183 g/mol. The van der Waals surface area contributed by atoms with Gasteiger partial charge in [0.05, 0.1) is 0 Å². The van der Waals surface area contributed by atoms with Gasteiger partial charge in [-0.15, -0.1) is 0 Å². The first-order valence-corrected chi connectivity index (χ1v) is 4.50. The van der Waals surface area contributed by atoms with Crippen LogP contribution in [0.1, 0.15) is 25.5 Å².